The molecule has 0 saturated heterocycles. The standard InChI is InChI=1S/C14H10F3N3O3/c1-19-11(14(15,16)17)5-12(21)20(13(19)22)9-6-23-10-3-2-7(18)4-8(9)10/h2-6H,18H2,1H3. The van der Waals surface area contributed by atoms with E-state index in [1.807, 2.05) is 0 Å². The van der Waals surface area contributed by atoms with Crippen LogP contribution in [0.2, 0.25) is 0 Å². The fourth-order valence-electron chi connectivity index (χ4n) is 2.33. The lowest BCUT2D eigenvalue weighted by Gasteiger charge is -2.13. The molecule has 0 aliphatic heterocycles. The Morgan fingerprint density at radius 2 is 1.87 bits per heavy atom. The van der Waals surface area contributed by atoms with E-state index >= 15 is 0 Å². The Kier molecular flexibility index (Phi) is 3.10. The van der Waals surface area contributed by atoms with Crippen LogP contribution < -0.4 is 17.0 Å². The number of hydrogen-bond acceptors (Lipinski definition) is 4. The zero-order chi connectivity index (χ0) is 16.9. The topological polar surface area (TPSA) is 83.2 Å². The van der Waals surface area contributed by atoms with Crippen molar-refractivity contribution in [2.75, 3.05) is 5.73 Å². The van der Waals surface area contributed by atoms with E-state index in [1.54, 1.807) is 6.07 Å². The maximum absolute atomic E-state index is 12.8. The highest BCUT2D eigenvalue weighted by molar-refractivity contribution is 5.88. The first-order valence-electron chi connectivity index (χ1n) is 6.37. The number of anilines is 1. The zero-order valence-electron chi connectivity index (χ0n) is 11.7. The lowest BCUT2D eigenvalue weighted by molar-refractivity contribution is -0.144. The van der Waals surface area contributed by atoms with Gasteiger partial charge in [-0.25, -0.2) is 9.36 Å². The summed E-state index contributed by atoms with van der Waals surface area (Å²) < 4.78 is 44.7. The van der Waals surface area contributed by atoms with Crippen LogP contribution in [0.1, 0.15) is 5.69 Å². The molecule has 0 aliphatic carbocycles. The van der Waals surface area contributed by atoms with Crippen LogP contribution in [0, 0.1) is 0 Å². The average Bonchev–Trinajstić information content (AvgIpc) is 2.85. The van der Waals surface area contributed by atoms with Crippen LogP contribution in [0.5, 0.6) is 0 Å². The molecule has 0 bridgehead atoms. The van der Waals surface area contributed by atoms with Crippen molar-refractivity contribution in [1.82, 2.24) is 9.13 Å². The molecular formula is C14H10F3N3O3. The third-order valence-electron chi connectivity index (χ3n) is 3.43. The lowest BCUT2D eigenvalue weighted by Crippen LogP contribution is -2.40. The van der Waals surface area contributed by atoms with Gasteiger partial charge in [0.15, 0.2) is 0 Å². The fraction of sp³-hybridized carbons (Fsp3) is 0.143. The van der Waals surface area contributed by atoms with E-state index in [2.05, 4.69) is 0 Å². The van der Waals surface area contributed by atoms with Crippen molar-refractivity contribution in [3.63, 3.8) is 0 Å². The van der Waals surface area contributed by atoms with Crippen molar-refractivity contribution in [1.29, 1.82) is 0 Å². The first kappa shape index (κ1) is 14.9. The summed E-state index contributed by atoms with van der Waals surface area (Å²) in [5.74, 6) is 0. The molecule has 0 aliphatic rings. The van der Waals surface area contributed by atoms with E-state index in [1.165, 1.54) is 12.1 Å². The van der Waals surface area contributed by atoms with E-state index < -0.39 is 23.1 Å². The molecule has 120 valence electrons. The van der Waals surface area contributed by atoms with E-state index in [4.69, 9.17) is 10.2 Å². The molecule has 0 fully saturated rings. The summed E-state index contributed by atoms with van der Waals surface area (Å²) in [6.45, 7) is 0. The third-order valence-corrected chi connectivity index (χ3v) is 3.43. The number of benzene rings is 1. The second kappa shape index (κ2) is 4.77. The van der Waals surface area contributed by atoms with Crippen molar-refractivity contribution < 1.29 is 17.6 Å². The maximum Gasteiger partial charge on any atom is 0.431 e. The number of nitrogen functional groups attached to an aromatic ring is 1. The number of fused-ring (bicyclic) bond motifs is 1. The van der Waals surface area contributed by atoms with Gasteiger partial charge in [0.05, 0.1) is 0 Å². The van der Waals surface area contributed by atoms with Gasteiger partial charge in [0.1, 0.15) is 23.2 Å². The molecule has 0 spiro atoms. The summed E-state index contributed by atoms with van der Waals surface area (Å²) in [4.78, 5) is 24.3. The van der Waals surface area contributed by atoms with Crippen LogP contribution in [0.3, 0.4) is 0 Å². The van der Waals surface area contributed by atoms with Crippen LogP contribution in [-0.2, 0) is 13.2 Å². The maximum atomic E-state index is 12.8. The van der Waals surface area contributed by atoms with Crippen LogP contribution in [0.25, 0.3) is 16.7 Å². The monoisotopic (exact) mass is 325 g/mol. The van der Waals surface area contributed by atoms with E-state index in [0.29, 0.717) is 31.9 Å². The van der Waals surface area contributed by atoms with Gasteiger partial charge in [-0.15, -0.1) is 0 Å². The Balaban J connectivity index is 2.37. The number of hydrogen-bond donors (Lipinski definition) is 1. The Labute approximate surface area is 126 Å². The number of furan rings is 1. The second-order valence-corrected chi connectivity index (χ2v) is 4.92. The van der Waals surface area contributed by atoms with Crippen molar-refractivity contribution in [2.24, 2.45) is 7.05 Å². The molecule has 0 atom stereocenters. The molecule has 6 nitrogen and oxygen atoms in total. The van der Waals surface area contributed by atoms with E-state index in [-0.39, 0.29) is 5.69 Å². The molecule has 0 unspecified atom stereocenters. The largest absolute Gasteiger partial charge is 0.462 e. The first-order valence-corrected chi connectivity index (χ1v) is 6.37. The number of rotatable bonds is 1. The molecule has 0 radical (unpaired) electrons. The SMILES string of the molecule is Cn1c(C(F)(F)F)cc(=O)n(-c2coc3ccc(N)cc23)c1=O. The minimum Gasteiger partial charge on any atom is -0.462 e. The summed E-state index contributed by atoms with van der Waals surface area (Å²) in [6.07, 6.45) is -3.69. The Morgan fingerprint density at radius 3 is 2.52 bits per heavy atom. The van der Waals surface area contributed by atoms with Crippen molar-refractivity contribution in [3.05, 3.63) is 57.1 Å². The van der Waals surface area contributed by atoms with Crippen molar-refractivity contribution >= 4 is 16.7 Å². The Bertz CT molecular complexity index is 1030. The molecule has 9 heteroatoms. The molecule has 0 saturated carbocycles. The highest BCUT2D eigenvalue weighted by Gasteiger charge is 2.35. The first-order chi connectivity index (χ1) is 10.7. The molecule has 1 aromatic carbocycles. The summed E-state index contributed by atoms with van der Waals surface area (Å²) in [5.41, 5.74) is 2.84. The van der Waals surface area contributed by atoms with Gasteiger partial charge in [-0.2, -0.15) is 13.2 Å². The predicted octanol–water partition coefficient (Wildman–Crippen LogP) is 1.88. The van der Waals surface area contributed by atoms with E-state index in [0.717, 1.165) is 13.3 Å². The molecule has 0 amide bonds. The number of nitrogens with two attached hydrogens (primary N) is 1. The highest BCUT2D eigenvalue weighted by Crippen LogP contribution is 2.28. The molecule has 23 heavy (non-hydrogen) atoms. The minimum atomic E-state index is -4.81. The summed E-state index contributed by atoms with van der Waals surface area (Å²) in [5, 5.41) is 0.351. The Morgan fingerprint density at radius 1 is 1.17 bits per heavy atom. The predicted molar refractivity (Wildman–Crippen MR) is 76.5 cm³/mol. The number of aromatic nitrogens is 2. The normalized spacial score (nSPS) is 12.0. The van der Waals surface area contributed by atoms with Crippen molar-refractivity contribution in [3.8, 4) is 5.69 Å². The summed E-state index contributed by atoms with van der Waals surface area (Å²) in [6, 6.07) is 4.93. The van der Waals surface area contributed by atoms with Crippen LogP contribution >= 0.6 is 0 Å². The average molecular weight is 325 g/mol. The fourth-order valence-corrected chi connectivity index (χ4v) is 2.33. The van der Waals surface area contributed by atoms with Crippen LogP contribution in [0.15, 0.2) is 44.5 Å². The minimum absolute atomic E-state index is 0.0339. The zero-order valence-corrected chi connectivity index (χ0v) is 11.7. The van der Waals surface area contributed by atoms with E-state index in [9.17, 15) is 22.8 Å². The van der Waals surface area contributed by atoms with Crippen molar-refractivity contribution in [2.45, 2.75) is 6.18 Å². The summed E-state index contributed by atoms with van der Waals surface area (Å²) in [7, 11) is 0.942. The molecule has 2 N–H and O–H groups in total. The Hall–Kier alpha value is -2.97. The quantitative estimate of drug-likeness (QED) is 0.693. The van der Waals surface area contributed by atoms with Gasteiger partial charge >= 0.3 is 11.9 Å². The van der Waals surface area contributed by atoms with Gasteiger partial charge in [0, 0.05) is 24.2 Å². The lowest BCUT2D eigenvalue weighted by atomic mass is 10.2. The van der Waals surface area contributed by atoms with Gasteiger partial charge in [-0.1, -0.05) is 0 Å². The number of alkyl halides is 3. The number of nitrogens with zero attached hydrogens (tertiary/aromatic N) is 2. The molecule has 3 aromatic rings. The van der Waals surface area contributed by atoms with Crippen LogP contribution in [-0.4, -0.2) is 9.13 Å². The van der Waals surface area contributed by atoms with Crippen LogP contribution in [0.4, 0.5) is 18.9 Å². The molecule has 2 heterocycles. The third kappa shape index (κ3) is 2.30. The second-order valence-electron chi connectivity index (χ2n) is 4.92. The molecule has 3 rings (SSSR count). The van der Waals surface area contributed by atoms with Gasteiger partial charge in [0.25, 0.3) is 5.56 Å². The van der Waals surface area contributed by atoms with Gasteiger partial charge in [-0.3, -0.25) is 9.36 Å². The molecule has 2 aromatic heterocycles. The smallest absolute Gasteiger partial charge is 0.431 e. The number of halogens is 3. The van der Waals surface area contributed by atoms with Gasteiger partial charge in [-0.05, 0) is 18.2 Å². The van der Waals surface area contributed by atoms with Gasteiger partial charge < -0.3 is 10.2 Å². The van der Waals surface area contributed by atoms with Gasteiger partial charge in [0.2, 0.25) is 0 Å². The molecular weight excluding hydrogens is 315 g/mol. The summed E-state index contributed by atoms with van der Waals surface area (Å²) >= 11 is 0. The highest BCUT2D eigenvalue weighted by atomic mass is 19.4.